The van der Waals surface area contributed by atoms with Gasteiger partial charge in [-0.15, -0.1) is 0 Å². The molecule has 1 saturated carbocycles. The smallest absolute Gasteiger partial charge is 0.253 e. The van der Waals surface area contributed by atoms with Crippen LogP contribution in [0.4, 0.5) is 5.69 Å². The Morgan fingerprint density at radius 2 is 2.16 bits per heavy atom. The van der Waals surface area contributed by atoms with Gasteiger partial charge in [0, 0.05) is 18.6 Å². The van der Waals surface area contributed by atoms with E-state index in [0.717, 1.165) is 25.7 Å². The zero-order chi connectivity index (χ0) is 13.8. The Morgan fingerprint density at radius 3 is 2.89 bits per heavy atom. The Hall–Kier alpha value is -1.26. The first kappa shape index (κ1) is 14.2. The van der Waals surface area contributed by atoms with Crippen molar-refractivity contribution in [2.45, 2.75) is 31.7 Å². The highest BCUT2D eigenvalue weighted by Gasteiger charge is 2.26. The third kappa shape index (κ3) is 3.19. The number of nitrogen functional groups attached to an aromatic ring is 1. The van der Waals surface area contributed by atoms with E-state index in [-0.39, 0.29) is 24.5 Å². The van der Waals surface area contributed by atoms with Crippen molar-refractivity contribution >= 4 is 23.2 Å². The predicted molar refractivity (Wildman–Crippen MR) is 76.2 cm³/mol. The third-order valence-corrected chi connectivity index (χ3v) is 4.09. The van der Waals surface area contributed by atoms with Crippen LogP contribution in [0.15, 0.2) is 18.2 Å². The van der Waals surface area contributed by atoms with Crippen LogP contribution in [0.3, 0.4) is 0 Å². The van der Waals surface area contributed by atoms with Gasteiger partial charge in [-0.25, -0.2) is 0 Å². The second-order valence-electron chi connectivity index (χ2n) is 5.01. The minimum atomic E-state index is -0.217. The van der Waals surface area contributed by atoms with E-state index in [9.17, 15) is 9.90 Å². The predicted octanol–water partition coefficient (Wildman–Crippen LogP) is 2.20. The zero-order valence-corrected chi connectivity index (χ0v) is 11.5. The Labute approximate surface area is 117 Å². The summed E-state index contributed by atoms with van der Waals surface area (Å²) in [6, 6.07) is 5.04. The van der Waals surface area contributed by atoms with Crippen molar-refractivity contribution in [2.24, 2.45) is 5.92 Å². The summed E-state index contributed by atoms with van der Waals surface area (Å²) < 4.78 is 0. The molecule has 5 heteroatoms. The minimum absolute atomic E-state index is 0.0182. The number of anilines is 1. The molecule has 0 saturated heterocycles. The number of halogens is 1. The van der Waals surface area contributed by atoms with Crippen LogP contribution in [-0.4, -0.2) is 23.7 Å². The summed E-state index contributed by atoms with van der Waals surface area (Å²) >= 11 is 5.91. The van der Waals surface area contributed by atoms with Gasteiger partial charge >= 0.3 is 0 Å². The van der Waals surface area contributed by atoms with E-state index in [0.29, 0.717) is 16.3 Å². The molecule has 2 unspecified atom stereocenters. The average Bonchev–Trinajstić information content (AvgIpc) is 2.42. The van der Waals surface area contributed by atoms with Crippen molar-refractivity contribution in [3.05, 3.63) is 28.8 Å². The second-order valence-corrected chi connectivity index (χ2v) is 5.42. The number of aliphatic hydroxyl groups excluding tert-OH is 1. The fraction of sp³-hybridized carbons (Fsp3) is 0.500. The Balaban J connectivity index is 2.09. The van der Waals surface area contributed by atoms with E-state index >= 15 is 0 Å². The molecule has 1 aliphatic carbocycles. The summed E-state index contributed by atoms with van der Waals surface area (Å²) in [5, 5.41) is 12.7. The number of nitrogens with two attached hydrogens (primary N) is 1. The largest absolute Gasteiger partial charge is 0.397 e. The van der Waals surface area contributed by atoms with Crippen molar-refractivity contribution in [3.8, 4) is 0 Å². The summed E-state index contributed by atoms with van der Waals surface area (Å²) in [4.78, 5) is 12.2. The molecule has 1 aromatic rings. The van der Waals surface area contributed by atoms with E-state index in [4.69, 9.17) is 17.3 Å². The topological polar surface area (TPSA) is 75.4 Å². The summed E-state index contributed by atoms with van der Waals surface area (Å²) in [6.45, 7) is 0.107. The van der Waals surface area contributed by atoms with Gasteiger partial charge in [0.25, 0.3) is 5.91 Å². The molecule has 1 aliphatic rings. The highest BCUT2D eigenvalue weighted by Crippen LogP contribution is 2.26. The number of rotatable bonds is 3. The second kappa shape index (κ2) is 6.26. The lowest BCUT2D eigenvalue weighted by molar-refractivity contribution is 0.0873. The summed E-state index contributed by atoms with van der Waals surface area (Å²) in [7, 11) is 0. The number of nitrogens with one attached hydrogen (secondary N) is 1. The van der Waals surface area contributed by atoms with Gasteiger partial charge in [-0.1, -0.05) is 30.5 Å². The molecule has 0 aromatic heterocycles. The summed E-state index contributed by atoms with van der Waals surface area (Å²) in [5.41, 5.74) is 6.52. The van der Waals surface area contributed by atoms with Crippen molar-refractivity contribution in [1.82, 2.24) is 5.32 Å². The highest BCUT2D eigenvalue weighted by molar-refractivity contribution is 6.33. The molecule has 1 fully saturated rings. The number of hydrogen-bond acceptors (Lipinski definition) is 3. The van der Waals surface area contributed by atoms with Crippen LogP contribution in [0.5, 0.6) is 0 Å². The number of hydrogen-bond donors (Lipinski definition) is 3. The lowest BCUT2D eigenvalue weighted by Gasteiger charge is -2.31. The first-order valence-electron chi connectivity index (χ1n) is 6.59. The van der Waals surface area contributed by atoms with E-state index in [1.54, 1.807) is 18.2 Å². The molecular weight excluding hydrogens is 264 g/mol. The van der Waals surface area contributed by atoms with E-state index in [2.05, 4.69) is 5.32 Å². The molecule has 0 radical (unpaired) electrons. The molecule has 19 heavy (non-hydrogen) atoms. The molecule has 2 atom stereocenters. The zero-order valence-electron chi connectivity index (χ0n) is 10.7. The van der Waals surface area contributed by atoms with Crippen LogP contribution >= 0.6 is 11.6 Å². The number of benzene rings is 1. The van der Waals surface area contributed by atoms with Gasteiger partial charge in [0.2, 0.25) is 0 Å². The number of para-hydroxylation sites is 1. The maximum absolute atomic E-state index is 12.2. The van der Waals surface area contributed by atoms with E-state index in [1.807, 2.05) is 0 Å². The molecule has 0 bridgehead atoms. The van der Waals surface area contributed by atoms with Gasteiger partial charge < -0.3 is 16.2 Å². The Kier molecular flexibility index (Phi) is 4.66. The lowest BCUT2D eigenvalue weighted by Crippen LogP contribution is -2.43. The standard InChI is InChI=1S/C14H19ClN2O2/c15-11-6-3-5-10(13(11)16)14(19)17-12-7-2-1-4-9(12)8-18/h3,5-6,9,12,18H,1-2,4,7-8,16H2,(H,17,19). The Morgan fingerprint density at radius 1 is 1.42 bits per heavy atom. The summed E-state index contributed by atoms with van der Waals surface area (Å²) in [5.74, 6) is -0.0801. The van der Waals surface area contributed by atoms with Crippen LogP contribution in [0.1, 0.15) is 36.0 Å². The third-order valence-electron chi connectivity index (χ3n) is 3.76. The molecule has 1 amide bonds. The van der Waals surface area contributed by atoms with Crippen molar-refractivity contribution < 1.29 is 9.90 Å². The molecule has 1 aromatic carbocycles. The fourth-order valence-corrected chi connectivity index (χ4v) is 2.77. The molecule has 0 heterocycles. The summed E-state index contributed by atoms with van der Waals surface area (Å²) in [6.07, 6.45) is 4.04. The van der Waals surface area contributed by atoms with Crippen LogP contribution in [-0.2, 0) is 0 Å². The molecule has 4 nitrogen and oxygen atoms in total. The Bertz CT molecular complexity index is 465. The van der Waals surface area contributed by atoms with Crippen LogP contribution in [0, 0.1) is 5.92 Å². The van der Waals surface area contributed by atoms with Gasteiger partial charge in [-0.2, -0.15) is 0 Å². The number of aliphatic hydroxyl groups is 1. The lowest BCUT2D eigenvalue weighted by atomic mass is 9.85. The first-order chi connectivity index (χ1) is 9.13. The molecule has 4 N–H and O–H groups in total. The molecular formula is C14H19ClN2O2. The average molecular weight is 283 g/mol. The molecule has 0 aliphatic heterocycles. The van der Waals surface area contributed by atoms with Gasteiger partial charge in [-0.05, 0) is 25.0 Å². The van der Waals surface area contributed by atoms with Crippen LogP contribution in [0.25, 0.3) is 0 Å². The van der Waals surface area contributed by atoms with Crippen LogP contribution in [0.2, 0.25) is 5.02 Å². The van der Waals surface area contributed by atoms with Crippen molar-refractivity contribution in [2.75, 3.05) is 12.3 Å². The van der Waals surface area contributed by atoms with Gasteiger partial charge in [0.15, 0.2) is 0 Å². The van der Waals surface area contributed by atoms with Gasteiger partial charge in [-0.3, -0.25) is 4.79 Å². The highest BCUT2D eigenvalue weighted by atomic mass is 35.5. The van der Waals surface area contributed by atoms with Gasteiger partial charge in [0.1, 0.15) is 0 Å². The van der Waals surface area contributed by atoms with Crippen LogP contribution < -0.4 is 11.1 Å². The van der Waals surface area contributed by atoms with E-state index < -0.39 is 0 Å². The maximum Gasteiger partial charge on any atom is 0.253 e. The number of carbonyl (C=O) groups is 1. The quantitative estimate of drug-likeness (QED) is 0.744. The monoisotopic (exact) mass is 282 g/mol. The van der Waals surface area contributed by atoms with Crippen molar-refractivity contribution in [3.63, 3.8) is 0 Å². The number of carbonyl (C=O) groups excluding carboxylic acids is 1. The molecule has 2 rings (SSSR count). The fourth-order valence-electron chi connectivity index (χ4n) is 2.60. The maximum atomic E-state index is 12.2. The molecule has 0 spiro atoms. The normalized spacial score (nSPS) is 23.1. The number of amides is 1. The SMILES string of the molecule is Nc1c(Cl)cccc1C(=O)NC1CCCCC1CO. The minimum Gasteiger partial charge on any atom is -0.397 e. The van der Waals surface area contributed by atoms with Gasteiger partial charge in [0.05, 0.1) is 16.3 Å². The van der Waals surface area contributed by atoms with E-state index in [1.165, 1.54) is 0 Å². The van der Waals surface area contributed by atoms with Crippen molar-refractivity contribution in [1.29, 1.82) is 0 Å². The molecule has 104 valence electrons. The first-order valence-corrected chi connectivity index (χ1v) is 6.97.